The summed E-state index contributed by atoms with van der Waals surface area (Å²) in [6.45, 7) is 2.14. The Bertz CT molecular complexity index is 1520. The molecule has 180 valence electrons. The number of sulfone groups is 1. The lowest BCUT2D eigenvalue weighted by Gasteiger charge is -2.15. The predicted octanol–water partition coefficient (Wildman–Crippen LogP) is 3.10. The highest BCUT2D eigenvalue weighted by molar-refractivity contribution is 7.91. The number of ether oxygens (including phenoxy) is 1. The summed E-state index contributed by atoms with van der Waals surface area (Å²) < 4.78 is 31.7. The lowest BCUT2D eigenvalue weighted by Crippen LogP contribution is -2.24. The number of carbonyl (C=O) groups is 1. The summed E-state index contributed by atoms with van der Waals surface area (Å²) >= 11 is 0. The molecule has 1 N–H and O–H groups in total. The van der Waals surface area contributed by atoms with Crippen LogP contribution in [-0.2, 0) is 16.4 Å². The van der Waals surface area contributed by atoms with Crippen LogP contribution in [-0.4, -0.2) is 52.5 Å². The number of fused-ring (bicyclic) bond motifs is 1. The zero-order valence-electron chi connectivity index (χ0n) is 19.4. The molecule has 1 fully saturated rings. The molecule has 1 amide bonds. The molecule has 0 bridgehead atoms. The van der Waals surface area contributed by atoms with Crippen LogP contribution in [0.1, 0.15) is 34.3 Å². The van der Waals surface area contributed by atoms with Gasteiger partial charge in [-0.2, -0.15) is 0 Å². The number of aromatic nitrogens is 4. The number of aryl methyl sites for hydroxylation is 1. The molecule has 0 saturated carbocycles. The van der Waals surface area contributed by atoms with Gasteiger partial charge in [-0.25, -0.2) is 18.4 Å². The second kappa shape index (κ2) is 9.10. The van der Waals surface area contributed by atoms with Gasteiger partial charge in [-0.1, -0.05) is 12.1 Å². The summed E-state index contributed by atoms with van der Waals surface area (Å²) in [5, 5.41) is 2.92. The van der Waals surface area contributed by atoms with Crippen LogP contribution >= 0.6 is 0 Å². The first-order valence-corrected chi connectivity index (χ1v) is 13.1. The summed E-state index contributed by atoms with van der Waals surface area (Å²) in [5.74, 6) is 1.15. The normalized spacial score (nSPS) is 16.9. The van der Waals surface area contributed by atoms with Crippen molar-refractivity contribution in [1.29, 1.82) is 0 Å². The molecule has 0 radical (unpaired) electrons. The fourth-order valence-electron chi connectivity index (χ4n) is 4.50. The van der Waals surface area contributed by atoms with Gasteiger partial charge in [0.15, 0.2) is 15.5 Å². The Morgan fingerprint density at radius 2 is 1.97 bits per heavy atom. The van der Waals surface area contributed by atoms with Crippen LogP contribution < -0.4 is 10.1 Å². The molecule has 1 aliphatic heterocycles. The molecule has 10 heteroatoms. The van der Waals surface area contributed by atoms with Gasteiger partial charge in [0.25, 0.3) is 5.91 Å². The van der Waals surface area contributed by atoms with Gasteiger partial charge in [0.05, 0.1) is 35.9 Å². The van der Waals surface area contributed by atoms with Gasteiger partial charge < -0.3 is 14.6 Å². The first-order chi connectivity index (χ1) is 16.8. The Kier molecular flexibility index (Phi) is 5.98. The van der Waals surface area contributed by atoms with E-state index in [4.69, 9.17) is 9.72 Å². The Morgan fingerprint density at radius 3 is 2.69 bits per heavy atom. The van der Waals surface area contributed by atoms with E-state index in [2.05, 4.69) is 15.3 Å². The molecular weight excluding hydrogens is 466 g/mol. The topological polar surface area (TPSA) is 116 Å². The fraction of sp³-hybridized carbons (Fsp3) is 0.280. The zero-order valence-corrected chi connectivity index (χ0v) is 20.2. The van der Waals surface area contributed by atoms with Crippen molar-refractivity contribution in [3.05, 3.63) is 71.9 Å². The summed E-state index contributed by atoms with van der Waals surface area (Å²) in [6.07, 6.45) is 3.85. The summed E-state index contributed by atoms with van der Waals surface area (Å²) in [4.78, 5) is 26.7. The summed E-state index contributed by atoms with van der Waals surface area (Å²) in [7, 11) is -1.52. The Morgan fingerprint density at radius 1 is 1.17 bits per heavy atom. The van der Waals surface area contributed by atoms with Crippen molar-refractivity contribution in [3.63, 3.8) is 0 Å². The molecule has 1 aromatic carbocycles. The predicted molar refractivity (Wildman–Crippen MR) is 132 cm³/mol. The van der Waals surface area contributed by atoms with Crippen molar-refractivity contribution in [3.8, 4) is 17.0 Å². The number of hydrogen-bond donors (Lipinski definition) is 1. The highest BCUT2D eigenvalue weighted by Gasteiger charge is 2.32. The number of methoxy groups -OCH3 is 1. The molecule has 5 rings (SSSR count). The molecule has 4 heterocycles. The van der Waals surface area contributed by atoms with Crippen LogP contribution in [0.5, 0.6) is 5.75 Å². The van der Waals surface area contributed by atoms with Gasteiger partial charge in [0, 0.05) is 24.5 Å². The van der Waals surface area contributed by atoms with E-state index in [1.807, 2.05) is 54.0 Å². The second-order valence-electron chi connectivity index (χ2n) is 8.58. The highest BCUT2D eigenvalue weighted by atomic mass is 32.2. The minimum absolute atomic E-state index is 0.0552. The zero-order chi connectivity index (χ0) is 24.6. The first-order valence-electron chi connectivity index (χ1n) is 11.3. The van der Waals surface area contributed by atoms with E-state index in [0.29, 0.717) is 41.3 Å². The number of benzene rings is 1. The monoisotopic (exact) mass is 491 g/mol. The van der Waals surface area contributed by atoms with Crippen LogP contribution in [0.25, 0.3) is 22.3 Å². The smallest absolute Gasteiger partial charge is 0.272 e. The Hall–Kier alpha value is -3.79. The van der Waals surface area contributed by atoms with E-state index in [1.54, 1.807) is 19.5 Å². The maximum absolute atomic E-state index is 13.3. The number of imidazole rings is 1. The fourth-order valence-corrected chi connectivity index (χ4v) is 6.20. The minimum Gasteiger partial charge on any atom is -0.497 e. The third-order valence-corrected chi connectivity index (χ3v) is 7.96. The molecule has 9 nitrogen and oxygen atoms in total. The van der Waals surface area contributed by atoms with Crippen molar-refractivity contribution in [1.82, 2.24) is 24.8 Å². The SMILES string of the molecule is COc1cccc(-c2cc3c(nc(C)n3C3CCS(=O)(=O)C3)c(C(=O)NCc3ccncc3)n2)c1. The van der Waals surface area contributed by atoms with Crippen LogP contribution in [0, 0.1) is 6.92 Å². The van der Waals surface area contributed by atoms with Crippen LogP contribution in [0.4, 0.5) is 0 Å². The van der Waals surface area contributed by atoms with Crippen LogP contribution in [0.2, 0.25) is 0 Å². The van der Waals surface area contributed by atoms with Gasteiger partial charge in [0.2, 0.25) is 0 Å². The lowest BCUT2D eigenvalue weighted by atomic mass is 10.1. The Labute approximate surface area is 203 Å². The number of pyridine rings is 2. The number of nitrogens with one attached hydrogen (secondary N) is 1. The molecule has 35 heavy (non-hydrogen) atoms. The molecule has 0 spiro atoms. The average molecular weight is 492 g/mol. The van der Waals surface area contributed by atoms with Crippen LogP contribution in [0.3, 0.4) is 0 Å². The third-order valence-electron chi connectivity index (χ3n) is 6.21. The Balaban J connectivity index is 1.63. The quantitative estimate of drug-likeness (QED) is 0.441. The van der Waals surface area contributed by atoms with Crippen LogP contribution in [0.15, 0.2) is 54.9 Å². The number of hydrogen-bond acceptors (Lipinski definition) is 7. The van der Waals surface area contributed by atoms with E-state index in [-0.39, 0.29) is 29.1 Å². The van der Waals surface area contributed by atoms with Gasteiger partial charge >= 0.3 is 0 Å². The molecule has 1 unspecified atom stereocenters. The third kappa shape index (κ3) is 4.61. The first kappa shape index (κ1) is 23.0. The minimum atomic E-state index is -3.11. The van der Waals surface area contributed by atoms with Crippen molar-refractivity contribution in [2.24, 2.45) is 0 Å². The highest BCUT2D eigenvalue weighted by Crippen LogP contribution is 2.33. The molecule has 1 saturated heterocycles. The number of nitrogens with zero attached hydrogens (tertiary/aromatic N) is 4. The largest absolute Gasteiger partial charge is 0.497 e. The number of rotatable bonds is 6. The molecule has 3 aromatic heterocycles. The molecular formula is C25H25N5O4S. The average Bonchev–Trinajstić information content (AvgIpc) is 3.39. The maximum Gasteiger partial charge on any atom is 0.272 e. The van der Waals surface area contributed by atoms with E-state index < -0.39 is 9.84 Å². The molecule has 0 aliphatic carbocycles. The lowest BCUT2D eigenvalue weighted by molar-refractivity contribution is 0.0947. The van der Waals surface area contributed by atoms with Crippen molar-refractivity contribution >= 4 is 26.8 Å². The van der Waals surface area contributed by atoms with Crippen molar-refractivity contribution < 1.29 is 17.9 Å². The van der Waals surface area contributed by atoms with Gasteiger partial charge in [-0.05, 0) is 49.2 Å². The summed E-state index contributed by atoms with van der Waals surface area (Å²) in [6, 6.07) is 12.7. The van der Waals surface area contributed by atoms with Crippen molar-refractivity contribution in [2.75, 3.05) is 18.6 Å². The molecule has 1 atom stereocenters. The van der Waals surface area contributed by atoms with Gasteiger partial charge in [0.1, 0.15) is 17.1 Å². The number of carbonyl (C=O) groups excluding carboxylic acids is 1. The molecule has 1 aliphatic rings. The second-order valence-corrected chi connectivity index (χ2v) is 10.8. The maximum atomic E-state index is 13.3. The van der Waals surface area contributed by atoms with Gasteiger partial charge in [-0.3, -0.25) is 9.78 Å². The van der Waals surface area contributed by atoms with E-state index in [9.17, 15) is 13.2 Å². The van der Waals surface area contributed by atoms with E-state index in [1.165, 1.54) is 0 Å². The van der Waals surface area contributed by atoms with Crippen molar-refractivity contribution in [2.45, 2.75) is 25.9 Å². The standard InChI is InChI=1S/C25H25N5O4S/c1-16-28-23-22(30(16)19-8-11-35(32,33)15-19)13-21(18-4-3-5-20(12-18)34-2)29-24(23)25(31)27-14-17-6-9-26-10-7-17/h3-7,9-10,12-13,19H,8,11,14-15H2,1-2H3,(H,27,31). The van der Waals surface area contributed by atoms with Gasteiger partial charge in [-0.15, -0.1) is 0 Å². The molecule has 4 aromatic rings. The van der Waals surface area contributed by atoms with E-state index in [0.717, 1.165) is 11.1 Å². The summed E-state index contributed by atoms with van der Waals surface area (Å²) in [5.41, 5.74) is 3.59. The van der Waals surface area contributed by atoms with E-state index >= 15 is 0 Å². The number of amides is 1.